The van der Waals surface area contributed by atoms with Crippen molar-refractivity contribution in [2.24, 2.45) is 0 Å². The SMILES string of the molecule is Cc1cc(N2CCN(C)CC2)n(-c2ccncc2)n1. The van der Waals surface area contributed by atoms with Crippen LogP contribution in [0.25, 0.3) is 5.69 Å². The molecule has 1 fully saturated rings. The third kappa shape index (κ3) is 2.46. The van der Waals surface area contributed by atoms with Gasteiger partial charge in [0, 0.05) is 44.6 Å². The van der Waals surface area contributed by atoms with Gasteiger partial charge in [-0.3, -0.25) is 4.98 Å². The number of hydrogen-bond donors (Lipinski definition) is 0. The Bertz CT molecular complexity index is 540. The second kappa shape index (κ2) is 5.01. The fourth-order valence-electron chi connectivity index (χ4n) is 2.42. The molecule has 0 radical (unpaired) electrons. The number of hydrogen-bond acceptors (Lipinski definition) is 4. The summed E-state index contributed by atoms with van der Waals surface area (Å²) in [6, 6.07) is 6.14. The van der Waals surface area contributed by atoms with Gasteiger partial charge in [-0.15, -0.1) is 0 Å². The first kappa shape index (κ1) is 12.2. The molecule has 100 valence electrons. The Morgan fingerprint density at radius 2 is 1.74 bits per heavy atom. The van der Waals surface area contributed by atoms with Gasteiger partial charge < -0.3 is 9.80 Å². The van der Waals surface area contributed by atoms with Gasteiger partial charge >= 0.3 is 0 Å². The Balaban J connectivity index is 1.94. The van der Waals surface area contributed by atoms with Crippen LogP contribution in [0.3, 0.4) is 0 Å². The van der Waals surface area contributed by atoms with Gasteiger partial charge in [0.2, 0.25) is 0 Å². The molecule has 2 aromatic heterocycles. The molecule has 19 heavy (non-hydrogen) atoms. The van der Waals surface area contributed by atoms with Crippen LogP contribution in [0.2, 0.25) is 0 Å². The van der Waals surface area contributed by atoms with Crippen LogP contribution in [0.5, 0.6) is 0 Å². The van der Waals surface area contributed by atoms with E-state index in [0.717, 1.165) is 37.6 Å². The van der Waals surface area contributed by atoms with Crippen LogP contribution in [-0.2, 0) is 0 Å². The summed E-state index contributed by atoms with van der Waals surface area (Å²) in [5.74, 6) is 1.18. The molecule has 0 amide bonds. The summed E-state index contributed by atoms with van der Waals surface area (Å²) >= 11 is 0. The van der Waals surface area contributed by atoms with Gasteiger partial charge in [-0.05, 0) is 26.1 Å². The maximum absolute atomic E-state index is 4.61. The minimum atomic E-state index is 1.05. The monoisotopic (exact) mass is 257 g/mol. The maximum atomic E-state index is 4.61. The maximum Gasteiger partial charge on any atom is 0.132 e. The molecule has 0 bridgehead atoms. The van der Waals surface area contributed by atoms with E-state index in [2.05, 4.69) is 33.0 Å². The quantitative estimate of drug-likeness (QED) is 0.813. The first-order chi connectivity index (χ1) is 9.24. The zero-order valence-electron chi connectivity index (χ0n) is 11.5. The molecule has 3 heterocycles. The standard InChI is InChI=1S/C14H19N5/c1-12-11-14(18-9-7-17(2)8-10-18)19(16-12)13-3-5-15-6-4-13/h3-6,11H,7-10H2,1-2H3. The summed E-state index contributed by atoms with van der Waals surface area (Å²) in [4.78, 5) is 8.83. The number of nitrogens with zero attached hydrogens (tertiary/aromatic N) is 5. The van der Waals surface area contributed by atoms with Crippen molar-refractivity contribution in [1.82, 2.24) is 19.7 Å². The van der Waals surface area contributed by atoms with Crippen LogP contribution in [0.15, 0.2) is 30.6 Å². The van der Waals surface area contributed by atoms with Gasteiger partial charge in [-0.25, -0.2) is 4.68 Å². The average Bonchev–Trinajstić information content (AvgIpc) is 2.83. The van der Waals surface area contributed by atoms with E-state index in [1.54, 1.807) is 12.4 Å². The van der Waals surface area contributed by atoms with Crippen LogP contribution in [0.1, 0.15) is 5.69 Å². The molecule has 5 nitrogen and oxygen atoms in total. The number of likely N-dealkylation sites (N-methyl/N-ethyl adjacent to an activating group) is 1. The summed E-state index contributed by atoms with van der Waals surface area (Å²) in [7, 11) is 2.17. The first-order valence-corrected chi connectivity index (χ1v) is 6.64. The second-order valence-corrected chi connectivity index (χ2v) is 5.05. The van der Waals surface area contributed by atoms with Gasteiger partial charge in [-0.1, -0.05) is 0 Å². The van der Waals surface area contributed by atoms with Crippen LogP contribution in [0, 0.1) is 6.92 Å². The molecule has 0 spiro atoms. The Morgan fingerprint density at radius 1 is 1.05 bits per heavy atom. The minimum absolute atomic E-state index is 1.05. The molecule has 5 heteroatoms. The third-order valence-electron chi connectivity index (χ3n) is 3.55. The number of anilines is 1. The van der Waals surface area contributed by atoms with E-state index in [1.165, 1.54) is 5.82 Å². The summed E-state index contributed by atoms with van der Waals surface area (Å²) < 4.78 is 2.02. The van der Waals surface area contributed by atoms with Gasteiger partial charge in [0.25, 0.3) is 0 Å². The van der Waals surface area contributed by atoms with Crippen molar-refractivity contribution >= 4 is 5.82 Å². The van der Waals surface area contributed by atoms with Gasteiger partial charge in [0.1, 0.15) is 5.82 Å². The predicted octanol–water partition coefficient (Wildman–Crippen LogP) is 1.33. The Morgan fingerprint density at radius 3 is 2.42 bits per heavy atom. The molecule has 1 aliphatic heterocycles. The summed E-state index contributed by atoms with van der Waals surface area (Å²) in [6.45, 7) is 6.33. The Labute approximate surface area is 113 Å². The smallest absolute Gasteiger partial charge is 0.132 e. The molecule has 1 aliphatic rings. The van der Waals surface area contributed by atoms with Crippen molar-refractivity contribution in [2.75, 3.05) is 38.1 Å². The normalized spacial score (nSPS) is 16.8. The zero-order valence-corrected chi connectivity index (χ0v) is 11.5. The lowest BCUT2D eigenvalue weighted by atomic mass is 10.3. The minimum Gasteiger partial charge on any atom is -0.354 e. The molecule has 0 atom stereocenters. The number of aryl methyl sites for hydroxylation is 1. The van der Waals surface area contributed by atoms with E-state index < -0.39 is 0 Å². The average molecular weight is 257 g/mol. The molecular formula is C14H19N5. The van der Waals surface area contributed by atoms with Gasteiger partial charge in [0.05, 0.1) is 11.4 Å². The van der Waals surface area contributed by atoms with Gasteiger partial charge in [0.15, 0.2) is 0 Å². The largest absolute Gasteiger partial charge is 0.354 e. The predicted molar refractivity (Wildman–Crippen MR) is 75.8 cm³/mol. The summed E-state index contributed by atoms with van der Waals surface area (Å²) in [5, 5.41) is 4.61. The summed E-state index contributed by atoms with van der Waals surface area (Å²) in [6.07, 6.45) is 3.61. The number of aromatic nitrogens is 3. The van der Waals surface area contributed by atoms with E-state index >= 15 is 0 Å². The Hall–Kier alpha value is -1.88. The van der Waals surface area contributed by atoms with Crippen molar-refractivity contribution in [2.45, 2.75) is 6.92 Å². The molecule has 3 rings (SSSR count). The highest BCUT2D eigenvalue weighted by atomic mass is 15.4. The number of piperazine rings is 1. The number of rotatable bonds is 2. The van der Waals surface area contributed by atoms with Crippen LogP contribution < -0.4 is 4.90 Å². The fraction of sp³-hybridized carbons (Fsp3) is 0.429. The van der Waals surface area contributed by atoms with Crippen LogP contribution in [-0.4, -0.2) is 52.9 Å². The molecule has 0 N–H and O–H groups in total. The summed E-state index contributed by atoms with van der Waals surface area (Å²) in [5.41, 5.74) is 2.11. The lowest BCUT2D eigenvalue weighted by Gasteiger charge is -2.33. The first-order valence-electron chi connectivity index (χ1n) is 6.64. The van der Waals surface area contributed by atoms with E-state index in [-0.39, 0.29) is 0 Å². The van der Waals surface area contributed by atoms with E-state index in [1.807, 2.05) is 23.7 Å². The van der Waals surface area contributed by atoms with E-state index in [9.17, 15) is 0 Å². The molecule has 0 aromatic carbocycles. The van der Waals surface area contributed by atoms with E-state index in [0.29, 0.717) is 0 Å². The molecule has 0 unspecified atom stereocenters. The highest BCUT2D eigenvalue weighted by Gasteiger charge is 2.19. The fourth-order valence-corrected chi connectivity index (χ4v) is 2.42. The third-order valence-corrected chi connectivity index (χ3v) is 3.55. The van der Waals surface area contributed by atoms with Crippen molar-refractivity contribution in [3.8, 4) is 5.69 Å². The van der Waals surface area contributed by atoms with Crippen molar-refractivity contribution in [1.29, 1.82) is 0 Å². The van der Waals surface area contributed by atoms with Crippen molar-refractivity contribution < 1.29 is 0 Å². The molecule has 0 aliphatic carbocycles. The second-order valence-electron chi connectivity index (χ2n) is 5.05. The van der Waals surface area contributed by atoms with Crippen LogP contribution in [0.4, 0.5) is 5.82 Å². The molecule has 0 saturated carbocycles. The topological polar surface area (TPSA) is 37.2 Å². The van der Waals surface area contributed by atoms with Crippen molar-refractivity contribution in [3.05, 3.63) is 36.3 Å². The number of pyridine rings is 1. The lowest BCUT2D eigenvalue weighted by molar-refractivity contribution is 0.311. The Kier molecular flexibility index (Phi) is 3.21. The lowest BCUT2D eigenvalue weighted by Crippen LogP contribution is -2.45. The van der Waals surface area contributed by atoms with Gasteiger partial charge in [-0.2, -0.15) is 5.10 Å². The molecular weight excluding hydrogens is 238 g/mol. The van der Waals surface area contributed by atoms with E-state index in [4.69, 9.17) is 0 Å². The molecule has 2 aromatic rings. The van der Waals surface area contributed by atoms with Crippen molar-refractivity contribution in [3.63, 3.8) is 0 Å². The zero-order chi connectivity index (χ0) is 13.2. The molecule has 1 saturated heterocycles. The van der Waals surface area contributed by atoms with Crippen LogP contribution >= 0.6 is 0 Å². The highest BCUT2D eigenvalue weighted by molar-refractivity contribution is 5.48. The highest BCUT2D eigenvalue weighted by Crippen LogP contribution is 2.21.